The van der Waals surface area contributed by atoms with Crippen molar-refractivity contribution < 1.29 is 9.59 Å². The predicted octanol–water partition coefficient (Wildman–Crippen LogP) is 3.09. The number of hydrogen-bond acceptors (Lipinski definition) is 3. The van der Waals surface area contributed by atoms with Gasteiger partial charge in [-0.25, -0.2) is 0 Å². The summed E-state index contributed by atoms with van der Waals surface area (Å²) in [5, 5.41) is 2.89. The second-order valence-corrected chi connectivity index (χ2v) is 9.30. The number of nitrogens with one attached hydrogen (secondary N) is 1. The highest BCUT2D eigenvalue weighted by Gasteiger charge is 2.43. The number of likely N-dealkylation sites (tertiary alicyclic amines) is 1. The Labute approximate surface area is 178 Å². The van der Waals surface area contributed by atoms with Crippen LogP contribution in [0.4, 0.5) is 0 Å². The van der Waals surface area contributed by atoms with E-state index < -0.39 is 11.6 Å². The molecule has 1 saturated heterocycles. The van der Waals surface area contributed by atoms with Gasteiger partial charge in [0.1, 0.15) is 6.04 Å². The fraction of sp³-hybridized carbons (Fsp3) is 0.440. The maximum atomic E-state index is 13.5. The number of carbonyl (C=O) groups excluding carboxylic acids is 2. The van der Waals surface area contributed by atoms with Gasteiger partial charge in [-0.1, -0.05) is 54.6 Å². The highest BCUT2D eigenvalue weighted by atomic mass is 16.2. The van der Waals surface area contributed by atoms with E-state index >= 15 is 0 Å². The average Bonchev–Trinajstić information content (AvgIpc) is 3.10. The molecule has 2 aromatic carbocycles. The Morgan fingerprint density at radius 3 is 2.30 bits per heavy atom. The number of rotatable bonds is 4. The summed E-state index contributed by atoms with van der Waals surface area (Å²) in [4.78, 5) is 28.0. The summed E-state index contributed by atoms with van der Waals surface area (Å²) in [7, 11) is 0. The van der Waals surface area contributed by atoms with Crippen molar-refractivity contribution in [3.8, 4) is 0 Å². The molecule has 1 atom stereocenters. The van der Waals surface area contributed by atoms with Gasteiger partial charge in [-0.15, -0.1) is 0 Å². The summed E-state index contributed by atoms with van der Waals surface area (Å²) >= 11 is 0. The van der Waals surface area contributed by atoms with Crippen LogP contribution in [0.3, 0.4) is 0 Å². The van der Waals surface area contributed by atoms with Crippen molar-refractivity contribution in [3.05, 3.63) is 71.3 Å². The molecule has 5 nitrogen and oxygen atoms in total. The molecule has 1 aliphatic carbocycles. The normalized spacial score (nSPS) is 18.7. The van der Waals surface area contributed by atoms with E-state index in [9.17, 15) is 9.59 Å². The van der Waals surface area contributed by atoms with Gasteiger partial charge >= 0.3 is 0 Å². The zero-order valence-corrected chi connectivity index (χ0v) is 17.9. The van der Waals surface area contributed by atoms with Gasteiger partial charge in [0.05, 0.1) is 5.54 Å². The van der Waals surface area contributed by atoms with Gasteiger partial charge in [-0.05, 0) is 61.6 Å². The van der Waals surface area contributed by atoms with Gasteiger partial charge in [0.25, 0.3) is 0 Å². The first-order chi connectivity index (χ1) is 14.3. The Hall–Kier alpha value is -2.66. The average molecular weight is 406 g/mol. The predicted molar refractivity (Wildman–Crippen MR) is 118 cm³/mol. The van der Waals surface area contributed by atoms with Crippen molar-refractivity contribution in [1.29, 1.82) is 0 Å². The van der Waals surface area contributed by atoms with E-state index in [2.05, 4.69) is 29.6 Å². The van der Waals surface area contributed by atoms with Crippen LogP contribution >= 0.6 is 0 Å². The van der Waals surface area contributed by atoms with E-state index in [-0.39, 0.29) is 17.2 Å². The Balaban J connectivity index is 1.51. The van der Waals surface area contributed by atoms with Crippen molar-refractivity contribution in [2.24, 2.45) is 5.73 Å². The quantitative estimate of drug-likeness (QED) is 0.821. The van der Waals surface area contributed by atoms with Crippen molar-refractivity contribution in [2.75, 3.05) is 13.1 Å². The molecule has 4 rings (SSSR count). The number of aryl methyl sites for hydroxylation is 1. The second kappa shape index (κ2) is 7.88. The number of nitrogens with two attached hydrogens (primary N) is 1. The van der Waals surface area contributed by atoms with Gasteiger partial charge in [0.2, 0.25) is 11.8 Å². The Morgan fingerprint density at radius 2 is 1.63 bits per heavy atom. The van der Waals surface area contributed by atoms with Crippen LogP contribution in [-0.2, 0) is 21.4 Å². The highest BCUT2D eigenvalue weighted by molar-refractivity contribution is 5.92. The molecule has 1 spiro atoms. The summed E-state index contributed by atoms with van der Waals surface area (Å²) in [6.45, 7) is 4.71. The van der Waals surface area contributed by atoms with Gasteiger partial charge in [0, 0.05) is 13.1 Å². The molecular formula is C25H31N3O2. The van der Waals surface area contributed by atoms with Crippen molar-refractivity contribution in [2.45, 2.75) is 56.5 Å². The smallest absolute Gasteiger partial charge is 0.249 e. The highest BCUT2D eigenvalue weighted by Crippen LogP contribution is 2.46. The lowest BCUT2D eigenvalue weighted by atomic mass is 9.73. The third-order valence-electron chi connectivity index (χ3n) is 6.73. The number of hydrogen-bond donors (Lipinski definition) is 2. The summed E-state index contributed by atoms with van der Waals surface area (Å²) in [5.74, 6) is -0.386. The maximum Gasteiger partial charge on any atom is 0.249 e. The summed E-state index contributed by atoms with van der Waals surface area (Å²) < 4.78 is 0. The second-order valence-electron chi connectivity index (χ2n) is 9.30. The molecule has 3 N–H and O–H groups in total. The third-order valence-corrected chi connectivity index (χ3v) is 6.73. The molecule has 1 heterocycles. The van der Waals surface area contributed by atoms with E-state index in [4.69, 9.17) is 5.73 Å². The van der Waals surface area contributed by atoms with Crippen molar-refractivity contribution in [1.82, 2.24) is 10.2 Å². The maximum absolute atomic E-state index is 13.5. The number of amides is 2. The fourth-order valence-electron chi connectivity index (χ4n) is 4.87. The van der Waals surface area contributed by atoms with E-state index in [0.29, 0.717) is 13.1 Å². The van der Waals surface area contributed by atoms with E-state index in [0.717, 1.165) is 31.2 Å². The standard InChI is InChI=1S/C25H31N3O2/c1-24(2,26)23(30)27-21(19-9-4-3-5-10-19)22(29)28-16-14-25(15-17-28)13-12-18-8-6-7-11-20(18)25/h3-11,21H,12-17,26H2,1-2H3,(H,27,30)/t21-/m1/s1. The third kappa shape index (κ3) is 3.86. The summed E-state index contributed by atoms with van der Waals surface area (Å²) in [5.41, 5.74) is 8.82. The number of piperidine rings is 1. The minimum atomic E-state index is -1.05. The van der Waals surface area contributed by atoms with Gasteiger partial charge in [-0.3, -0.25) is 9.59 Å². The largest absolute Gasteiger partial charge is 0.341 e. The van der Waals surface area contributed by atoms with E-state index in [1.807, 2.05) is 35.2 Å². The SMILES string of the molecule is CC(C)(N)C(=O)N[C@@H](C(=O)N1CCC2(CCc3ccccc32)CC1)c1ccccc1. The number of fused-ring (bicyclic) bond motifs is 2. The molecule has 0 unspecified atom stereocenters. The molecule has 0 aromatic heterocycles. The van der Waals surface area contributed by atoms with Crippen LogP contribution in [0.2, 0.25) is 0 Å². The molecule has 0 saturated carbocycles. The molecule has 2 aromatic rings. The molecule has 0 radical (unpaired) electrons. The first kappa shape index (κ1) is 20.6. The molecule has 1 fully saturated rings. The first-order valence-corrected chi connectivity index (χ1v) is 10.8. The minimum Gasteiger partial charge on any atom is -0.341 e. The van der Waals surface area contributed by atoms with Crippen molar-refractivity contribution >= 4 is 11.8 Å². The molecule has 5 heteroatoms. The van der Waals surface area contributed by atoms with E-state index in [1.165, 1.54) is 11.1 Å². The van der Waals surface area contributed by atoms with Crippen LogP contribution in [0.5, 0.6) is 0 Å². The van der Waals surface area contributed by atoms with Crippen LogP contribution < -0.4 is 11.1 Å². The fourth-order valence-corrected chi connectivity index (χ4v) is 4.87. The van der Waals surface area contributed by atoms with Crippen LogP contribution in [0.15, 0.2) is 54.6 Å². The van der Waals surface area contributed by atoms with Crippen LogP contribution in [0.25, 0.3) is 0 Å². The Morgan fingerprint density at radius 1 is 1.00 bits per heavy atom. The summed E-state index contributed by atoms with van der Waals surface area (Å²) in [6, 6.07) is 17.4. The summed E-state index contributed by atoms with van der Waals surface area (Å²) in [6.07, 6.45) is 4.22. The molecule has 0 bridgehead atoms. The van der Waals surface area contributed by atoms with Gasteiger partial charge in [0.15, 0.2) is 0 Å². The zero-order chi connectivity index (χ0) is 21.4. The van der Waals surface area contributed by atoms with Crippen LogP contribution in [0.1, 0.15) is 55.8 Å². The minimum absolute atomic E-state index is 0.0556. The molecule has 158 valence electrons. The lowest BCUT2D eigenvalue weighted by Crippen LogP contribution is -2.54. The van der Waals surface area contributed by atoms with Crippen molar-refractivity contribution in [3.63, 3.8) is 0 Å². The number of carbonyl (C=O) groups is 2. The molecular weight excluding hydrogens is 374 g/mol. The Bertz CT molecular complexity index is 925. The topological polar surface area (TPSA) is 75.4 Å². The molecule has 1 aliphatic heterocycles. The first-order valence-electron chi connectivity index (χ1n) is 10.8. The molecule has 2 amide bonds. The molecule has 2 aliphatic rings. The monoisotopic (exact) mass is 405 g/mol. The van der Waals surface area contributed by atoms with E-state index in [1.54, 1.807) is 13.8 Å². The number of benzene rings is 2. The molecule has 30 heavy (non-hydrogen) atoms. The lowest BCUT2D eigenvalue weighted by molar-refractivity contribution is -0.139. The van der Waals surface area contributed by atoms with Gasteiger partial charge < -0.3 is 16.0 Å². The van der Waals surface area contributed by atoms with Crippen LogP contribution in [0, 0.1) is 0 Å². The lowest BCUT2D eigenvalue weighted by Gasteiger charge is -2.41. The van der Waals surface area contributed by atoms with Gasteiger partial charge in [-0.2, -0.15) is 0 Å². The Kier molecular flexibility index (Phi) is 5.41. The van der Waals surface area contributed by atoms with Crippen LogP contribution in [-0.4, -0.2) is 35.3 Å². The zero-order valence-electron chi connectivity index (χ0n) is 17.9. The number of nitrogens with zero attached hydrogens (tertiary/aromatic N) is 1.